The maximum absolute atomic E-state index is 13.2. The molecular weight excluding hydrogens is 295 g/mol. The Bertz CT molecular complexity index is 559. The van der Waals surface area contributed by atoms with Gasteiger partial charge in [0, 0.05) is 19.7 Å². The average Bonchev–Trinajstić information content (AvgIpc) is 2.46. The lowest BCUT2D eigenvalue weighted by molar-refractivity contribution is 0.163. The Morgan fingerprint density at radius 2 is 1.95 bits per heavy atom. The summed E-state index contributed by atoms with van der Waals surface area (Å²) in [6.45, 7) is 4.42. The van der Waals surface area contributed by atoms with E-state index < -0.39 is 15.8 Å². The molecule has 2 N–H and O–H groups in total. The molecule has 0 aromatic heterocycles. The zero-order chi connectivity index (χ0) is 16.0. The molecule has 0 bridgehead atoms. The van der Waals surface area contributed by atoms with Gasteiger partial charge in [-0.05, 0) is 31.0 Å². The van der Waals surface area contributed by atoms with Crippen LogP contribution < -0.4 is 5.73 Å². The Hall–Kier alpha value is -1.18. The molecule has 1 rings (SSSR count). The molecule has 0 radical (unpaired) electrons. The minimum absolute atomic E-state index is 0.00408. The fourth-order valence-electron chi connectivity index (χ4n) is 2.19. The summed E-state index contributed by atoms with van der Waals surface area (Å²) in [5.74, 6) is -0.625. The van der Waals surface area contributed by atoms with Gasteiger partial charge in [-0.15, -0.1) is 0 Å². The lowest BCUT2D eigenvalue weighted by Gasteiger charge is -2.29. The first kappa shape index (κ1) is 17.9. The first-order valence-corrected chi connectivity index (χ1v) is 8.38. The summed E-state index contributed by atoms with van der Waals surface area (Å²) in [4.78, 5) is 0.00408. The van der Waals surface area contributed by atoms with Gasteiger partial charge in [0.1, 0.15) is 5.82 Å². The number of rotatable bonds is 8. The van der Waals surface area contributed by atoms with E-state index in [-0.39, 0.29) is 23.2 Å². The van der Waals surface area contributed by atoms with E-state index in [4.69, 9.17) is 10.5 Å². The SMILES string of the molecule is CCC(CC)N(CCOC)S(=O)(=O)c1ccc(F)c(N)c1. The highest BCUT2D eigenvalue weighted by Crippen LogP contribution is 2.24. The summed E-state index contributed by atoms with van der Waals surface area (Å²) < 4.78 is 45.1. The number of nitrogen functional groups attached to an aromatic ring is 1. The van der Waals surface area contributed by atoms with Crippen molar-refractivity contribution < 1.29 is 17.5 Å². The third-order valence-corrected chi connectivity index (χ3v) is 5.39. The topological polar surface area (TPSA) is 72.6 Å². The molecule has 0 aliphatic heterocycles. The maximum Gasteiger partial charge on any atom is 0.243 e. The predicted molar refractivity (Wildman–Crippen MR) is 81.0 cm³/mol. The molecule has 0 fully saturated rings. The quantitative estimate of drug-likeness (QED) is 0.746. The molecule has 1 aromatic carbocycles. The van der Waals surface area contributed by atoms with Crippen molar-refractivity contribution in [1.29, 1.82) is 0 Å². The van der Waals surface area contributed by atoms with E-state index in [9.17, 15) is 12.8 Å². The molecule has 0 atom stereocenters. The van der Waals surface area contributed by atoms with Gasteiger partial charge < -0.3 is 10.5 Å². The van der Waals surface area contributed by atoms with E-state index in [0.29, 0.717) is 19.4 Å². The number of ether oxygens (including phenoxy) is 1. The number of hydrogen-bond acceptors (Lipinski definition) is 4. The minimum Gasteiger partial charge on any atom is -0.396 e. The van der Waals surface area contributed by atoms with Gasteiger partial charge in [-0.1, -0.05) is 13.8 Å². The number of sulfonamides is 1. The normalized spacial score (nSPS) is 12.3. The molecule has 0 saturated carbocycles. The number of nitrogens with zero attached hydrogens (tertiary/aromatic N) is 1. The van der Waals surface area contributed by atoms with E-state index >= 15 is 0 Å². The smallest absolute Gasteiger partial charge is 0.243 e. The number of methoxy groups -OCH3 is 1. The highest BCUT2D eigenvalue weighted by molar-refractivity contribution is 7.89. The third kappa shape index (κ3) is 4.15. The number of nitrogens with two attached hydrogens (primary N) is 1. The Morgan fingerprint density at radius 3 is 2.43 bits per heavy atom. The van der Waals surface area contributed by atoms with Gasteiger partial charge in [0.2, 0.25) is 10.0 Å². The highest BCUT2D eigenvalue weighted by atomic mass is 32.2. The average molecular weight is 318 g/mol. The van der Waals surface area contributed by atoms with Crippen molar-refractivity contribution in [3.8, 4) is 0 Å². The van der Waals surface area contributed by atoms with Crippen molar-refractivity contribution in [2.24, 2.45) is 0 Å². The molecule has 0 aliphatic rings. The molecule has 0 saturated heterocycles. The summed E-state index contributed by atoms with van der Waals surface area (Å²) in [6.07, 6.45) is 1.38. The highest BCUT2D eigenvalue weighted by Gasteiger charge is 2.29. The molecule has 0 unspecified atom stereocenters. The molecular formula is C14H23FN2O3S. The zero-order valence-corrected chi connectivity index (χ0v) is 13.5. The second-order valence-corrected chi connectivity index (χ2v) is 6.65. The summed E-state index contributed by atoms with van der Waals surface area (Å²) in [5, 5.41) is 0. The van der Waals surface area contributed by atoms with Crippen molar-refractivity contribution >= 4 is 15.7 Å². The van der Waals surface area contributed by atoms with Crippen molar-refractivity contribution in [2.75, 3.05) is 26.0 Å². The number of hydrogen-bond donors (Lipinski definition) is 1. The van der Waals surface area contributed by atoms with Gasteiger partial charge in [-0.25, -0.2) is 12.8 Å². The van der Waals surface area contributed by atoms with Crippen LogP contribution in [0.25, 0.3) is 0 Å². The van der Waals surface area contributed by atoms with E-state index in [2.05, 4.69) is 0 Å². The number of benzene rings is 1. The molecule has 1 aromatic rings. The fraction of sp³-hybridized carbons (Fsp3) is 0.571. The van der Waals surface area contributed by atoms with Crippen LogP contribution in [0.15, 0.2) is 23.1 Å². The summed E-state index contributed by atoms with van der Waals surface area (Å²) >= 11 is 0. The van der Waals surface area contributed by atoms with Crippen molar-refractivity contribution in [3.63, 3.8) is 0 Å². The number of anilines is 1. The Labute approximate surface area is 125 Å². The van der Waals surface area contributed by atoms with Crippen LogP contribution in [0.1, 0.15) is 26.7 Å². The summed E-state index contributed by atoms with van der Waals surface area (Å²) in [5.41, 5.74) is 5.30. The van der Waals surface area contributed by atoms with Gasteiger partial charge >= 0.3 is 0 Å². The standard InChI is InChI=1S/C14H23FN2O3S/c1-4-11(5-2)17(8-9-20-3)21(18,19)12-6-7-13(15)14(16)10-12/h6-7,10-11H,4-5,8-9,16H2,1-3H3. The molecule has 0 amide bonds. The van der Waals surface area contributed by atoms with Crippen LogP contribution in [0.4, 0.5) is 10.1 Å². The second kappa shape index (κ2) is 7.72. The van der Waals surface area contributed by atoms with Gasteiger partial charge in [0.25, 0.3) is 0 Å². The molecule has 21 heavy (non-hydrogen) atoms. The van der Waals surface area contributed by atoms with Crippen molar-refractivity contribution in [3.05, 3.63) is 24.0 Å². The Kier molecular flexibility index (Phi) is 6.57. The van der Waals surface area contributed by atoms with Crippen LogP contribution in [-0.2, 0) is 14.8 Å². The van der Waals surface area contributed by atoms with Crippen molar-refractivity contribution in [1.82, 2.24) is 4.31 Å². The van der Waals surface area contributed by atoms with Gasteiger partial charge in [-0.2, -0.15) is 4.31 Å². The van der Waals surface area contributed by atoms with E-state index in [1.54, 1.807) is 0 Å². The molecule has 0 aliphatic carbocycles. The molecule has 120 valence electrons. The fourth-order valence-corrected chi connectivity index (χ4v) is 3.99. The first-order valence-electron chi connectivity index (χ1n) is 6.94. The molecule has 0 heterocycles. The lowest BCUT2D eigenvalue weighted by Crippen LogP contribution is -2.41. The minimum atomic E-state index is -3.73. The van der Waals surface area contributed by atoms with E-state index in [1.165, 1.54) is 17.5 Å². The monoisotopic (exact) mass is 318 g/mol. The van der Waals surface area contributed by atoms with Crippen LogP contribution in [0, 0.1) is 5.82 Å². The lowest BCUT2D eigenvalue weighted by atomic mass is 10.2. The molecule has 7 heteroatoms. The molecule has 0 spiro atoms. The second-order valence-electron chi connectivity index (χ2n) is 4.76. The largest absolute Gasteiger partial charge is 0.396 e. The van der Waals surface area contributed by atoms with Crippen LogP contribution in [0.3, 0.4) is 0 Å². The van der Waals surface area contributed by atoms with E-state index in [0.717, 1.165) is 12.1 Å². The predicted octanol–water partition coefficient (Wildman–Crippen LogP) is 2.23. The number of halogens is 1. The summed E-state index contributed by atoms with van der Waals surface area (Å²) in [6, 6.07) is 3.34. The van der Waals surface area contributed by atoms with Gasteiger partial charge in [0.05, 0.1) is 17.2 Å². The summed E-state index contributed by atoms with van der Waals surface area (Å²) in [7, 11) is -2.21. The third-order valence-electron chi connectivity index (χ3n) is 3.44. The Balaban J connectivity index is 3.21. The van der Waals surface area contributed by atoms with Crippen LogP contribution in [-0.4, -0.2) is 39.0 Å². The van der Waals surface area contributed by atoms with Gasteiger partial charge in [-0.3, -0.25) is 0 Å². The van der Waals surface area contributed by atoms with Gasteiger partial charge in [0.15, 0.2) is 0 Å². The van der Waals surface area contributed by atoms with Crippen LogP contribution in [0.2, 0.25) is 0 Å². The maximum atomic E-state index is 13.2. The first-order chi connectivity index (χ1) is 9.88. The van der Waals surface area contributed by atoms with Crippen molar-refractivity contribution in [2.45, 2.75) is 37.6 Å². The van der Waals surface area contributed by atoms with E-state index in [1.807, 2.05) is 13.8 Å². The zero-order valence-electron chi connectivity index (χ0n) is 12.7. The molecule has 5 nitrogen and oxygen atoms in total. The van der Waals surface area contributed by atoms with Crippen LogP contribution in [0.5, 0.6) is 0 Å². The Morgan fingerprint density at radius 1 is 1.33 bits per heavy atom. The van der Waals surface area contributed by atoms with Crippen LogP contribution >= 0.6 is 0 Å².